The Morgan fingerprint density at radius 2 is 1.64 bits per heavy atom. The first-order chi connectivity index (χ1) is 21.5. The molecule has 0 saturated carbocycles. The molecule has 0 unspecified atom stereocenters. The Labute approximate surface area is 263 Å². The van der Waals surface area contributed by atoms with Crippen molar-refractivity contribution in [2.75, 3.05) is 19.8 Å². The predicted octanol–water partition coefficient (Wildman–Crippen LogP) is 6.46. The summed E-state index contributed by atoms with van der Waals surface area (Å²) in [5, 5.41) is 9.72. The van der Waals surface area contributed by atoms with Crippen LogP contribution in [0.2, 0.25) is 5.02 Å². The molecule has 226 valence electrons. The maximum absolute atomic E-state index is 14.0. The molecule has 0 fully saturated rings. The standard InChI is InChI=1S/C36H36ClN3O4/c1-2-22-36(35(42)40-38-23-21-28-11-6-7-12-32(28)37)33(29-15-13-27(14-16-29)26-9-4-3-5-10-26)44-34(39-36)30-17-19-31(20-18-30)43-25-8-24-41/h2-7,9-20,33,38,41H,1,8,21-25H2,(H,40,42)/t33-,36-/m0/s1. The Morgan fingerprint density at radius 1 is 0.955 bits per heavy atom. The average Bonchev–Trinajstić information content (AvgIpc) is 3.45. The lowest BCUT2D eigenvalue weighted by Gasteiger charge is -2.29. The molecular formula is C36H36ClN3O4. The Hall–Kier alpha value is -4.43. The van der Waals surface area contributed by atoms with Crippen LogP contribution in [0.25, 0.3) is 11.1 Å². The van der Waals surface area contributed by atoms with E-state index < -0.39 is 11.6 Å². The van der Waals surface area contributed by atoms with Gasteiger partial charge in [0.25, 0.3) is 5.91 Å². The van der Waals surface area contributed by atoms with Gasteiger partial charge in [-0.1, -0.05) is 90.5 Å². The number of hydrazine groups is 1. The van der Waals surface area contributed by atoms with E-state index in [1.165, 1.54) is 0 Å². The molecule has 0 aromatic heterocycles. The van der Waals surface area contributed by atoms with Crippen LogP contribution in [-0.2, 0) is 16.0 Å². The van der Waals surface area contributed by atoms with Gasteiger partial charge in [0.05, 0.1) is 6.61 Å². The van der Waals surface area contributed by atoms with Crippen molar-refractivity contribution in [1.29, 1.82) is 0 Å². The van der Waals surface area contributed by atoms with Gasteiger partial charge in [-0.25, -0.2) is 10.4 Å². The van der Waals surface area contributed by atoms with Gasteiger partial charge in [0.2, 0.25) is 5.90 Å². The number of halogens is 1. The number of nitrogens with zero attached hydrogens (tertiary/aromatic N) is 1. The molecule has 8 heteroatoms. The van der Waals surface area contributed by atoms with Gasteiger partial charge in [0, 0.05) is 36.6 Å². The third kappa shape index (κ3) is 7.19. The highest BCUT2D eigenvalue weighted by atomic mass is 35.5. The molecule has 5 rings (SSSR count). The number of nitrogens with one attached hydrogen (secondary N) is 2. The van der Waals surface area contributed by atoms with E-state index >= 15 is 0 Å². The third-order valence-electron chi connectivity index (χ3n) is 7.49. The molecule has 1 aliphatic heterocycles. The summed E-state index contributed by atoms with van der Waals surface area (Å²) in [4.78, 5) is 19.0. The number of hydrogen-bond acceptors (Lipinski definition) is 6. The summed E-state index contributed by atoms with van der Waals surface area (Å²) in [6, 6.07) is 33.1. The largest absolute Gasteiger partial charge is 0.494 e. The van der Waals surface area contributed by atoms with E-state index in [0.717, 1.165) is 27.8 Å². The van der Waals surface area contributed by atoms with E-state index in [0.29, 0.717) is 42.7 Å². The van der Waals surface area contributed by atoms with Gasteiger partial charge < -0.3 is 14.6 Å². The molecule has 4 aromatic carbocycles. The second kappa shape index (κ2) is 14.8. The molecule has 0 radical (unpaired) electrons. The quantitative estimate of drug-likeness (QED) is 0.0866. The number of aliphatic hydroxyl groups excluding tert-OH is 1. The lowest BCUT2D eigenvalue weighted by molar-refractivity contribution is -0.129. The molecule has 0 saturated heterocycles. The van der Waals surface area contributed by atoms with Crippen molar-refractivity contribution in [3.8, 4) is 16.9 Å². The zero-order chi connectivity index (χ0) is 30.8. The minimum Gasteiger partial charge on any atom is -0.494 e. The first-order valence-corrected chi connectivity index (χ1v) is 15.1. The minimum atomic E-state index is -1.31. The number of hydrogen-bond donors (Lipinski definition) is 3. The number of aliphatic hydroxyl groups is 1. The Kier molecular flexibility index (Phi) is 10.5. The van der Waals surface area contributed by atoms with Crippen molar-refractivity contribution in [3.05, 3.63) is 137 Å². The van der Waals surface area contributed by atoms with Crippen LogP contribution < -0.4 is 15.6 Å². The summed E-state index contributed by atoms with van der Waals surface area (Å²) in [6.45, 7) is 4.91. The van der Waals surface area contributed by atoms with E-state index in [9.17, 15) is 4.79 Å². The number of amides is 1. The maximum atomic E-state index is 14.0. The van der Waals surface area contributed by atoms with Crippen LogP contribution in [-0.4, -0.2) is 42.2 Å². The van der Waals surface area contributed by atoms with Gasteiger partial charge >= 0.3 is 0 Å². The first-order valence-electron chi connectivity index (χ1n) is 14.7. The summed E-state index contributed by atoms with van der Waals surface area (Å²) in [6.07, 6.45) is 2.43. The van der Waals surface area contributed by atoms with E-state index in [-0.39, 0.29) is 18.9 Å². The molecular weight excluding hydrogens is 574 g/mol. The fourth-order valence-corrected chi connectivity index (χ4v) is 5.40. The van der Waals surface area contributed by atoms with Crippen molar-refractivity contribution in [2.24, 2.45) is 4.99 Å². The number of rotatable bonds is 14. The number of ether oxygens (including phenoxy) is 2. The molecule has 3 N–H and O–H groups in total. The normalized spacial score (nSPS) is 17.4. The first kappa shape index (κ1) is 31.0. The average molecular weight is 610 g/mol. The topological polar surface area (TPSA) is 92.2 Å². The van der Waals surface area contributed by atoms with E-state index in [2.05, 4.69) is 29.6 Å². The van der Waals surface area contributed by atoms with Gasteiger partial charge in [-0.15, -0.1) is 6.58 Å². The van der Waals surface area contributed by atoms with Gasteiger partial charge in [0.1, 0.15) is 5.75 Å². The number of carbonyl (C=O) groups excluding carboxylic acids is 1. The molecule has 0 aliphatic carbocycles. The summed E-state index contributed by atoms with van der Waals surface area (Å²) < 4.78 is 12.2. The Balaban J connectivity index is 1.41. The van der Waals surface area contributed by atoms with Crippen molar-refractivity contribution in [3.63, 3.8) is 0 Å². The number of benzene rings is 4. The van der Waals surface area contributed by atoms with Gasteiger partial charge in [0.15, 0.2) is 11.6 Å². The highest BCUT2D eigenvalue weighted by Gasteiger charge is 2.52. The van der Waals surface area contributed by atoms with Crippen molar-refractivity contribution < 1.29 is 19.4 Å². The van der Waals surface area contributed by atoms with E-state index in [1.807, 2.05) is 91.0 Å². The highest BCUT2D eigenvalue weighted by molar-refractivity contribution is 6.31. The fraction of sp³-hybridized carbons (Fsp3) is 0.222. The van der Waals surface area contributed by atoms with Crippen LogP contribution >= 0.6 is 11.6 Å². The smallest absolute Gasteiger partial charge is 0.266 e. The van der Waals surface area contributed by atoms with Crippen LogP contribution in [0.3, 0.4) is 0 Å². The lowest BCUT2D eigenvalue weighted by atomic mass is 9.84. The molecule has 0 bridgehead atoms. The van der Waals surface area contributed by atoms with Crippen LogP contribution in [0.5, 0.6) is 5.75 Å². The molecule has 7 nitrogen and oxygen atoms in total. The second-order valence-electron chi connectivity index (χ2n) is 10.5. The van der Waals surface area contributed by atoms with Crippen molar-refractivity contribution >= 4 is 23.4 Å². The van der Waals surface area contributed by atoms with Crippen LogP contribution in [0, 0.1) is 0 Å². The fourth-order valence-electron chi connectivity index (χ4n) is 5.17. The lowest BCUT2D eigenvalue weighted by Crippen LogP contribution is -2.52. The SMILES string of the molecule is C=CC[C@]1(C(=O)NNCCc2ccccc2Cl)N=C(c2ccc(OCCCO)cc2)O[C@H]1c1ccc(-c2ccccc2)cc1. The predicted molar refractivity (Wildman–Crippen MR) is 175 cm³/mol. The zero-order valence-electron chi connectivity index (χ0n) is 24.4. The molecule has 1 aliphatic rings. The number of carbonyl (C=O) groups is 1. The zero-order valence-corrected chi connectivity index (χ0v) is 25.2. The maximum Gasteiger partial charge on any atom is 0.266 e. The Morgan fingerprint density at radius 3 is 2.34 bits per heavy atom. The summed E-state index contributed by atoms with van der Waals surface area (Å²) >= 11 is 6.31. The molecule has 1 amide bonds. The van der Waals surface area contributed by atoms with E-state index in [1.54, 1.807) is 6.08 Å². The summed E-state index contributed by atoms with van der Waals surface area (Å²) in [7, 11) is 0. The highest BCUT2D eigenvalue weighted by Crippen LogP contribution is 2.43. The van der Waals surface area contributed by atoms with Crippen molar-refractivity contribution in [2.45, 2.75) is 30.9 Å². The molecule has 0 spiro atoms. The third-order valence-corrected chi connectivity index (χ3v) is 7.85. The van der Waals surface area contributed by atoms with Crippen LogP contribution in [0.15, 0.2) is 121 Å². The van der Waals surface area contributed by atoms with Crippen LogP contribution in [0.4, 0.5) is 0 Å². The molecule has 4 aromatic rings. The molecule has 1 heterocycles. The second-order valence-corrected chi connectivity index (χ2v) is 10.9. The molecule has 44 heavy (non-hydrogen) atoms. The van der Waals surface area contributed by atoms with Gasteiger partial charge in [-0.05, 0) is 59.0 Å². The minimum absolute atomic E-state index is 0.0682. The molecule has 2 atom stereocenters. The van der Waals surface area contributed by atoms with Gasteiger partial charge in [-0.2, -0.15) is 0 Å². The van der Waals surface area contributed by atoms with Gasteiger partial charge in [-0.3, -0.25) is 10.2 Å². The van der Waals surface area contributed by atoms with Crippen molar-refractivity contribution in [1.82, 2.24) is 10.9 Å². The van der Waals surface area contributed by atoms with Crippen LogP contribution in [0.1, 0.15) is 35.6 Å². The monoisotopic (exact) mass is 609 g/mol. The summed E-state index contributed by atoms with van der Waals surface area (Å²) in [5.41, 5.74) is 9.32. The van der Waals surface area contributed by atoms with E-state index in [4.69, 9.17) is 31.2 Å². The summed E-state index contributed by atoms with van der Waals surface area (Å²) in [5.74, 6) is 0.705. The Bertz CT molecular complexity index is 1580. The number of aliphatic imine (C=N–C) groups is 1.